The summed E-state index contributed by atoms with van der Waals surface area (Å²) in [7, 11) is 0. The fourth-order valence-electron chi connectivity index (χ4n) is 6.01. The molecule has 0 aromatic heterocycles. The van der Waals surface area contributed by atoms with Crippen molar-refractivity contribution in [3.63, 3.8) is 0 Å². The van der Waals surface area contributed by atoms with Crippen molar-refractivity contribution < 1.29 is 9.59 Å². The fraction of sp³-hybridized carbons (Fsp3) is 0.231. The molecule has 1 heterocycles. The Morgan fingerprint density at radius 3 is 1.38 bits per heavy atom. The molecule has 3 aliphatic carbocycles. The van der Waals surface area contributed by atoms with Crippen LogP contribution in [0.2, 0.25) is 0 Å². The molecule has 1 saturated heterocycles. The first-order valence-corrected chi connectivity index (χ1v) is 10.2. The van der Waals surface area contributed by atoms with Crippen LogP contribution in [0.25, 0.3) is 0 Å². The highest BCUT2D eigenvalue weighted by atomic mass is 16.2. The van der Waals surface area contributed by atoms with Gasteiger partial charge < -0.3 is 0 Å². The number of aryl methyl sites for hydroxylation is 2. The maximum absolute atomic E-state index is 13.7. The number of hydrogen-bond donors (Lipinski definition) is 0. The maximum atomic E-state index is 13.7. The van der Waals surface area contributed by atoms with Gasteiger partial charge in [-0.3, -0.25) is 9.59 Å². The molecule has 4 aliphatic rings. The van der Waals surface area contributed by atoms with Crippen molar-refractivity contribution in [3.05, 3.63) is 100 Å². The molecule has 7 rings (SSSR count). The first kappa shape index (κ1) is 16.7. The third-order valence-corrected chi connectivity index (χ3v) is 6.91. The second-order valence-corrected chi connectivity index (χ2v) is 8.62. The van der Waals surface area contributed by atoms with E-state index in [4.69, 9.17) is 0 Å². The van der Waals surface area contributed by atoms with E-state index in [1.54, 1.807) is 0 Å². The lowest BCUT2D eigenvalue weighted by Gasteiger charge is -2.45. The SMILES string of the molecule is Cc1cc(C)cc(N2C(=O)C3C4c5ccccc5C(c5ccccc54)C3C2=O)c1. The Bertz CT molecular complexity index is 1080. The summed E-state index contributed by atoms with van der Waals surface area (Å²) in [6.45, 7) is 4.01. The summed E-state index contributed by atoms with van der Waals surface area (Å²) in [6.07, 6.45) is 0. The van der Waals surface area contributed by atoms with Gasteiger partial charge in [0.05, 0.1) is 17.5 Å². The summed E-state index contributed by atoms with van der Waals surface area (Å²) in [4.78, 5) is 28.8. The Morgan fingerprint density at radius 1 is 0.621 bits per heavy atom. The third-order valence-electron chi connectivity index (χ3n) is 6.91. The zero-order valence-electron chi connectivity index (χ0n) is 16.4. The molecule has 142 valence electrons. The number of rotatable bonds is 1. The Morgan fingerprint density at radius 2 is 1.00 bits per heavy atom. The molecule has 0 saturated carbocycles. The fourth-order valence-corrected chi connectivity index (χ4v) is 6.01. The number of imide groups is 1. The number of nitrogens with zero attached hydrogens (tertiary/aromatic N) is 1. The van der Waals surface area contributed by atoms with Gasteiger partial charge in [0, 0.05) is 11.8 Å². The molecule has 2 bridgehead atoms. The van der Waals surface area contributed by atoms with Crippen LogP contribution < -0.4 is 4.90 Å². The Kier molecular flexibility index (Phi) is 3.27. The van der Waals surface area contributed by atoms with Crippen LogP contribution in [-0.4, -0.2) is 11.8 Å². The van der Waals surface area contributed by atoms with Crippen LogP contribution in [0.3, 0.4) is 0 Å². The van der Waals surface area contributed by atoms with Gasteiger partial charge in [0.1, 0.15) is 0 Å². The minimum absolute atomic E-state index is 0.0512. The van der Waals surface area contributed by atoms with Crippen molar-refractivity contribution in [2.75, 3.05) is 4.90 Å². The predicted octanol–water partition coefficient (Wildman–Crippen LogP) is 4.70. The van der Waals surface area contributed by atoms with Crippen molar-refractivity contribution in [2.45, 2.75) is 25.7 Å². The topological polar surface area (TPSA) is 37.4 Å². The lowest BCUT2D eigenvalue weighted by atomic mass is 9.55. The van der Waals surface area contributed by atoms with E-state index in [0.717, 1.165) is 11.1 Å². The average molecular weight is 379 g/mol. The van der Waals surface area contributed by atoms with Crippen LogP contribution in [0, 0.1) is 25.7 Å². The van der Waals surface area contributed by atoms with E-state index < -0.39 is 0 Å². The third kappa shape index (κ3) is 2.08. The van der Waals surface area contributed by atoms with Crippen LogP contribution in [0.4, 0.5) is 5.69 Å². The minimum Gasteiger partial charge on any atom is -0.274 e. The molecule has 1 fully saturated rings. The van der Waals surface area contributed by atoms with E-state index in [0.29, 0.717) is 5.69 Å². The monoisotopic (exact) mass is 379 g/mol. The number of amides is 2. The Hall–Kier alpha value is -3.20. The van der Waals surface area contributed by atoms with Gasteiger partial charge in [-0.1, -0.05) is 54.6 Å². The summed E-state index contributed by atoms with van der Waals surface area (Å²) in [5.41, 5.74) is 7.66. The van der Waals surface area contributed by atoms with Crippen LogP contribution >= 0.6 is 0 Å². The molecule has 3 heteroatoms. The standard InChI is InChI=1S/C26H21NO2/c1-14-11-15(2)13-16(12-14)27-25(28)23-21-17-7-3-4-8-18(17)22(24(23)26(27)29)20-10-6-5-9-19(20)21/h3-13,21-24H,1-2H3. The summed E-state index contributed by atoms with van der Waals surface area (Å²) in [5.74, 6) is -0.848. The van der Waals surface area contributed by atoms with E-state index in [-0.39, 0.29) is 35.5 Å². The normalized spacial score (nSPS) is 26.3. The van der Waals surface area contributed by atoms with Crippen molar-refractivity contribution in [1.29, 1.82) is 0 Å². The smallest absolute Gasteiger partial charge is 0.238 e. The van der Waals surface area contributed by atoms with Gasteiger partial charge in [-0.2, -0.15) is 0 Å². The van der Waals surface area contributed by atoms with Crippen molar-refractivity contribution in [1.82, 2.24) is 0 Å². The minimum atomic E-state index is -0.321. The molecule has 3 nitrogen and oxygen atoms in total. The predicted molar refractivity (Wildman–Crippen MR) is 112 cm³/mol. The van der Waals surface area contributed by atoms with E-state index in [1.165, 1.54) is 27.2 Å². The first-order chi connectivity index (χ1) is 14.1. The van der Waals surface area contributed by atoms with Crippen LogP contribution in [-0.2, 0) is 9.59 Å². The summed E-state index contributed by atoms with van der Waals surface area (Å²) in [5, 5.41) is 0. The number of carbonyl (C=O) groups excluding carboxylic acids is 2. The molecule has 2 atom stereocenters. The molecule has 3 aromatic carbocycles. The second-order valence-electron chi connectivity index (χ2n) is 8.62. The molecular weight excluding hydrogens is 358 g/mol. The average Bonchev–Trinajstić information content (AvgIpc) is 2.98. The highest BCUT2D eigenvalue weighted by molar-refractivity contribution is 6.23. The van der Waals surface area contributed by atoms with Gasteiger partial charge in [-0.05, 0) is 59.4 Å². The van der Waals surface area contributed by atoms with Gasteiger partial charge in [0.25, 0.3) is 0 Å². The van der Waals surface area contributed by atoms with Crippen molar-refractivity contribution in [3.8, 4) is 0 Å². The summed E-state index contributed by atoms with van der Waals surface area (Å²) >= 11 is 0. The highest BCUT2D eigenvalue weighted by Crippen LogP contribution is 2.61. The number of carbonyl (C=O) groups is 2. The number of hydrogen-bond acceptors (Lipinski definition) is 2. The lowest BCUT2D eigenvalue weighted by molar-refractivity contribution is -0.122. The molecule has 0 N–H and O–H groups in total. The second kappa shape index (κ2) is 5.66. The van der Waals surface area contributed by atoms with Crippen molar-refractivity contribution >= 4 is 17.5 Å². The molecule has 2 amide bonds. The van der Waals surface area contributed by atoms with Gasteiger partial charge in [-0.25, -0.2) is 4.90 Å². The van der Waals surface area contributed by atoms with Gasteiger partial charge in [-0.15, -0.1) is 0 Å². The summed E-state index contributed by atoms with van der Waals surface area (Å²) < 4.78 is 0. The van der Waals surface area contributed by atoms with Gasteiger partial charge >= 0.3 is 0 Å². The Balaban J connectivity index is 1.57. The lowest BCUT2D eigenvalue weighted by Crippen LogP contribution is -2.41. The maximum Gasteiger partial charge on any atom is 0.238 e. The zero-order valence-corrected chi connectivity index (χ0v) is 16.4. The van der Waals surface area contributed by atoms with E-state index >= 15 is 0 Å². The molecule has 1 aliphatic heterocycles. The zero-order chi connectivity index (χ0) is 19.9. The summed E-state index contributed by atoms with van der Waals surface area (Å²) in [6, 6.07) is 22.7. The van der Waals surface area contributed by atoms with Crippen molar-refractivity contribution in [2.24, 2.45) is 11.8 Å². The molecule has 2 unspecified atom stereocenters. The molecule has 3 aromatic rings. The van der Waals surface area contributed by atoms with Gasteiger partial charge in [0.15, 0.2) is 0 Å². The highest BCUT2D eigenvalue weighted by Gasteiger charge is 2.61. The molecule has 0 radical (unpaired) electrons. The van der Waals surface area contributed by atoms with E-state index in [1.807, 2.05) is 50.2 Å². The van der Waals surface area contributed by atoms with E-state index in [2.05, 4.69) is 30.3 Å². The molecule has 0 spiro atoms. The quantitative estimate of drug-likeness (QED) is 0.575. The van der Waals surface area contributed by atoms with Gasteiger partial charge in [0.2, 0.25) is 11.8 Å². The van der Waals surface area contributed by atoms with Crippen LogP contribution in [0.1, 0.15) is 45.2 Å². The number of anilines is 1. The molecular formula is C26H21NO2. The molecule has 29 heavy (non-hydrogen) atoms. The largest absolute Gasteiger partial charge is 0.274 e. The van der Waals surface area contributed by atoms with Crippen LogP contribution in [0.15, 0.2) is 66.7 Å². The van der Waals surface area contributed by atoms with Crippen LogP contribution in [0.5, 0.6) is 0 Å². The van der Waals surface area contributed by atoms with E-state index in [9.17, 15) is 9.59 Å². The number of benzene rings is 3. The Labute approximate surface area is 170 Å². The first-order valence-electron chi connectivity index (χ1n) is 10.2.